The Hall–Kier alpha value is -1.82. The van der Waals surface area contributed by atoms with Crippen molar-refractivity contribution in [3.05, 3.63) is 23.5 Å². The first kappa shape index (κ1) is 14.6. The fourth-order valence-corrected chi connectivity index (χ4v) is 2.29. The number of amides is 1. The van der Waals surface area contributed by atoms with Gasteiger partial charge in [-0.2, -0.15) is 0 Å². The van der Waals surface area contributed by atoms with Crippen LogP contribution < -0.4 is 16.8 Å². The molecule has 0 bridgehead atoms. The average molecular weight is 281 g/mol. The second kappa shape index (κ2) is 5.66. The molecular weight excluding hydrogens is 261 g/mol. The molecule has 1 aromatic carbocycles. The molecule has 1 aliphatic rings. The van der Waals surface area contributed by atoms with Crippen LogP contribution in [-0.4, -0.2) is 25.7 Å². The van der Waals surface area contributed by atoms with Crippen LogP contribution >= 0.6 is 0 Å². The van der Waals surface area contributed by atoms with Gasteiger partial charge in [0.25, 0.3) is 5.91 Å². The summed E-state index contributed by atoms with van der Waals surface area (Å²) in [7, 11) is 0. The third-order valence-electron chi connectivity index (χ3n) is 3.81. The number of nitrogen functional groups attached to an aromatic ring is 1. The molecule has 1 aliphatic heterocycles. The maximum absolute atomic E-state index is 13.9. The highest BCUT2D eigenvalue weighted by molar-refractivity contribution is 5.99. The Labute approximate surface area is 117 Å². The lowest BCUT2D eigenvalue weighted by Crippen LogP contribution is -2.33. The number of carbonyl (C=O) groups excluding carboxylic acids is 1. The van der Waals surface area contributed by atoms with E-state index in [1.54, 1.807) is 0 Å². The van der Waals surface area contributed by atoms with E-state index in [2.05, 4.69) is 12.2 Å². The molecule has 0 saturated carbocycles. The molecule has 1 saturated heterocycles. The summed E-state index contributed by atoms with van der Waals surface area (Å²) in [4.78, 5) is 11.2. The van der Waals surface area contributed by atoms with E-state index in [0.29, 0.717) is 6.54 Å². The zero-order chi connectivity index (χ0) is 14.8. The fourth-order valence-electron chi connectivity index (χ4n) is 2.29. The van der Waals surface area contributed by atoms with E-state index < -0.39 is 11.7 Å². The number of primary amides is 1. The van der Waals surface area contributed by atoms with Crippen LogP contribution in [0.4, 0.5) is 15.8 Å². The number of nitrogens with two attached hydrogens (primary N) is 2. The van der Waals surface area contributed by atoms with Gasteiger partial charge in [-0.05, 0) is 30.4 Å². The number of ether oxygens (including phenoxy) is 1. The van der Waals surface area contributed by atoms with E-state index in [1.807, 2.05) is 0 Å². The molecule has 2 rings (SSSR count). The molecule has 0 spiro atoms. The molecule has 1 amide bonds. The number of rotatable bonds is 4. The van der Waals surface area contributed by atoms with Crippen LogP contribution in [0.1, 0.15) is 30.1 Å². The molecule has 5 nitrogen and oxygen atoms in total. The minimum Gasteiger partial charge on any atom is -0.398 e. The molecule has 0 aliphatic carbocycles. The van der Waals surface area contributed by atoms with Crippen LogP contribution in [-0.2, 0) is 4.74 Å². The predicted octanol–water partition coefficient (Wildman–Crippen LogP) is 1.74. The van der Waals surface area contributed by atoms with Gasteiger partial charge in [-0.25, -0.2) is 4.39 Å². The van der Waals surface area contributed by atoms with Crippen LogP contribution in [0, 0.1) is 11.2 Å². The number of hydrogen-bond acceptors (Lipinski definition) is 4. The summed E-state index contributed by atoms with van der Waals surface area (Å²) in [5.74, 6) is -1.15. The van der Waals surface area contributed by atoms with Crippen molar-refractivity contribution >= 4 is 17.3 Å². The maximum Gasteiger partial charge on any atom is 0.250 e. The summed E-state index contributed by atoms with van der Waals surface area (Å²) in [6, 6.07) is 2.49. The van der Waals surface area contributed by atoms with Crippen LogP contribution in [0.3, 0.4) is 0 Å². The van der Waals surface area contributed by atoms with Gasteiger partial charge in [-0.3, -0.25) is 4.79 Å². The summed E-state index contributed by atoms with van der Waals surface area (Å²) in [5, 5.41) is 3.05. The first-order valence-corrected chi connectivity index (χ1v) is 6.62. The van der Waals surface area contributed by atoms with E-state index in [4.69, 9.17) is 16.2 Å². The van der Waals surface area contributed by atoms with E-state index in [-0.39, 0.29) is 22.4 Å². The third kappa shape index (κ3) is 3.19. The SMILES string of the molecule is CC1(CNc2cc(C(N)=O)c(N)cc2F)CCOCC1. The van der Waals surface area contributed by atoms with Gasteiger partial charge in [0.15, 0.2) is 0 Å². The molecule has 1 aromatic rings. The number of benzene rings is 1. The van der Waals surface area contributed by atoms with Gasteiger partial charge < -0.3 is 21.5 Å². The van der Waals surface area contributed by atoms with Crippen molar-refractivity contribution in [2.45, 2.75) is 19.8 Å². The van der Waals surface area contributed by atoms with Gasteiger partial charge in [-0.1, -0.05) is 6.92 Å². The van der Waals surface area contributed by atoms with Gasteiger partial charge >= 0.3 is 0 Å². The van der Waals surface area contributed by atoms with E-state index in [1.165, 1.54) is 6.07 Å². The highest BCUT2D eigenvalue weighted by Crippen LogP contribution is 2.31. The normalized spacial score (nSPS) is 17.7. The summed E-state index contributed by atoms with van der Waals surface area (Å²) in [5.41, 5.74) is 11.3. The van der Waals surface area contributed by atoms with Crippen molar-refractivity contribution in [2.24, 2.45) is 11.1 Å². The predicted molar refractivity (Wildman–Crippen MR) is 76.0 cm³/mol. The quantitative estimate of drug-likeness (QED) is 0.733. The Morgan fingerprint density at radius 2 is 2.10 bits per heavy atom. The number of hydrogen-bond donors (Lipinski definition) is 3. The Balaban J connectivity index is 2.12. The van der Waals surface area contributed by atoms with Crippen molar-refractivity contribution < 1.29 is 13.9 Å². The van der Waals surface area contributed by atoms with Crippen molar-refractivity contribution in [2.75, 3.05) is 30.8 Å². The summed E-state index contributed by atoms with van der Waals surface area (Å²) in [6.07, 6.45) is 1.83. The van der Waals surface area contributed by atoms with Crippen molar-refractivity contribution in [1.82, 2.24) is 0 Å². The van der Waals surface area contributed by atoms with Gasteiger partial charge in [0.2, 0.25) is 0 Å². The number of halogens is 1. The first-order chi connectivity index (χ1) is 9.41. The third-order valence-corrected chi connectivity index (χ3v) is 3.81. The summed E-state index contributed by atoms with van der Waals surface area (Å²) in [6.45, 7) is 4.17. The molecule has 0 aromatic heterocycles. The molecule has 110 valence electrons. The highest BCUT2D eigenvalue weighted by atomic mass is 19.1. The lowest BCUT2D eigenvalue weighted by Gasteiger charge is -2.34. The minimum absolute atomic E-state index is 0.0535. The molecule has 0 unspecified atom stereocenters. The zero-order valence-electron chi connectivity index (χ0n) is 11.5. The smallest absolute Gasteiger partial charge is 0.250 e. The van der Waals surface area contributed by atoms with Crippen molar-refractivity contribution in [3.63, 3.8) is 0 Å². The Morgan fingerprint density at radius 3 is 2.70 bits per heavy atom. The maximum atomic E-state index is 13.9. The van der Waals surface area contributed by atoms with E-state index in [9.17, 15) is 9.18 Å². The first-order valence-electron chi connectivity index (χ1n) is 6.62. The number of carbonyl (C=O) groups is 1. The summed E-state index contributed by atoms with van der Waals surface area (Å²) >= 11 is 0. The number of anilines is 2. The topological polar surface area (TPSA) is 90.4 Å². The van der Waals surface area contributed by atoms with Crippen LogP contribution in [0.2, 0.25) is 0 Å². The van der Waals surface area contributed by atoms with Gasteiger partial charge in [0.05, 0.1) is 11.3 Å². The monoisotopic (exact) mass is 281 g/mol. The van der Waals surface area contributed by atoms with Gasteiger partial charge in [-0.15, -0.1) is 0 Å². The van der Waals surface area contributed by atoms with E-state index >= 15 is 0 Å². The van der Waals surface area contributed by atoms with Gasteiger partial charge in [0, 0.05) is 25.4 Å². The van der Waals surface area contributed by atoms with Crippen molar-refractivity contribution in [3.8, 4) is 0 Å². The molecule has 20 heavy (non-hydrogen) atoms. The van der Waals surface area contributed by atoms with Crippen LogP contribution in [0.25, 0.3) is 0 Å². The molecule has 1 heterocycles. The van der Waals surface area contributed by atoms with Crippen LogP contribution in [0.5, 0.6) is 0 Å². The molecular formula is C14H20FN3O2. The highest BCUT2D eigenvalue weighted by Gasteiger charge is 2.27. The fraction of sp³-hybridized carbons (Fsp3) is 0.500. The Bertz CT molecular complexity index is 513. The molecule has 5 N–H and O–H groups in total. The zero-order valence-corrected chi connectivity index (χ0v) is 11.5. The van der Waals surface area contributed by atoms with Crippen LogP contribution in [0.15, 0.2) is 12.1 Å². The second-order valence-corrected chi connectivity index (χ2v) is 5.56. The number of nitrogens with one attached hydrogen (secondary N) is 1. The largest absolute Gasteiger partial charge is 0.398 e. The lowest BCUT2D eigenvalue weighted by atomic mass is 9.82. The minimum atomic E-state index is -0.664. The second-order valence-electron chi connectivity index (χ2n) is 5.56. The lowest BCUT2D eigenvalue weighted by molar-refractivity contribution is 0.0300. The molecule has 6 heteroatoms. The average Bonchev–Trinajstić information content (AvgIpc) is 2.38. The molecule has 0 atom stereocenters. The van der Waals surface area contributed by atoms with E-state index in [0.717, 1.165) is 32.1 Å². The van der Waals surface area contributed by atoms with Gasteiger partial charge in [0.1, 0.15) is 5.82 Å². The molecule has 0 radical (unpaired) electrons. The standard InChI is InChI=1S/C14H20FN3O2/c1-14(2-4-20-5-3-14)8-18-12-6-9(13(17)19)11(16)7-10(12)15/h6-7,18H,2-5,8,16H2,1H3,(H2,17,19). The van der Waals surface area contributed by atoms with Crippen molar-refractivity contribution in [1.29, 1.82) is 0 Å². The molecule has 1 fully saturated rings. The summed E-state index contributed by atoms with van der Waals surface area (Å²) < 4.78 is 19.2. The Kier molecular flexibility index (Phi) is 4.13. The Morgan fingerprint density at radius 1 is 1.45 bits per heavy atom.